The van der Waals surface area contributed by atoms with Crippen LogP contribution in [0.1, 0.15) is 27.0 Å². The summed E-state index contributed by atoms with van der Waals surface area (Å²) >= 11 is 1.54. The lowest BCUT2D eigenvalue weighted by atomic mass is 10.0. The lowest BCUT2D eigenvalue weighted by Crippen LogP contribution is -2.50. The molecule has 0 aliphatic carbocycles. The van der Waals surface area contributed by atoms with E-state index < -0.39 is 4.87 Å². The summed E-state index contributed by atoms with van der Waals surface area (Å²) in [4.78, 5) is 30.3. The maximum atomic E-state index is 14.2. The molecule has 2 aliphatic heterocycles. The normalized spacial score (nSPS) is 19.0. The molecule has 7 heteroatoms. The Labute approximate surface area is 203 Å². The van der Waals surface area contributed by atoms with Crippen LogP contribution in [0, 0.1) is 6.92 Å². The first-order valence-corrected chi connectivity index (χ1v) is 12.1. The average molecular weight is 475 g/mol. The second-order valence-corrected chi connectivity index (χ2v) is 9.73. The topological polar surface area (TPSA) is 59.1 Å². The predicted molar refractivity (Wildman–Crippen MR) is 134 cm³/mol. The van der Waals surface area contributed by atoms with Gasteiger partial charge in [0.25, 0.3) is 11.8 Å². The highest BCUT2D eigenvalue weighted by atomic mass is 32.2. The fourth-order valence-corrected chi connectivity index (χ4v) is 6.18. The van der Waals surface area contributed by atoms with Crippen LogP contribution in [0.15, 0.2) is 66.7 Å². The molecule has 1 spiro atoms. The number of rotatable bonds is 5. The van der Waals surface area contributed by atoms with Gasteiger partial charge in [0.2, 0.25) is 0 Å². The molecule has 0 radical (unpaired) electrons. The molecule has 174 valence electrons. The van der Waals surface area contributed by atoms with E-state index >= 15 is 0 Å². The Balaban J connectivity index is 1.56. The van der Waals surface area contributed by atoms with Crippen molar-refractivity contribution in [3.63, 3.8) is 0 Å². The summed E-state index contributed by atoms with van der Waals surface area (Å²) in [6.07, 6.45) is 0. The number of thioether (sulfide) groups is 1. The van der Waals surface area contributed by atoms with Crippen molar-refractivity contribution in [1.82, 2.24) is 4.90 Å². The maximum Gasteiger partial charge on any atom is 0.268 e. The largest absolute Gasteiger partial charge is 0.497 e. The Morgan fingerprint density at radius 1 is 1.00 bits per heavy atom. The molecule has 1 saturated heterocycles. The fourth-order valence-electron chi connectivity index (χ4n) is 4.73. The van der Waals surface area contributed by atoms with Crippen LogP contribution in [0.4, 0.5) is 5.69 Å². The van der Waals surface area contributed by atoms with Crippen LogP contribution >= 0.6 is 11.8 Å². The highest BCUT2D eigenvalue weighted by Crippen LogP contribution is 2.55. The third-order valence-corrected chi connectivity index (χ3v) is 7.83. The van der Waals surface area contributed by atoms with Gasteiger partial charge in [0, 0.05) is 23.4 Å². The van der Waals surface area contributed by atoms with Gasteiger partial charge in [0.15, 0.2) is 4.87 Å². The standard InChI is InChI=1S/C27H26N2O4S/c1-18-7-12-24-23(15-18)27(26(31)28(24)17-19-5-4-6-22(16-19)33-3)29(13-14-34-27)25(30)20-8-10-21(32-2)11-9-20/h4-12,15-16H,13-14,17H2,1-3H3. The third-order valence-electron chi connectivity index (χ3n) is 6.41. The number of benzene rings is 3. The van der Waals surface area contributed by atoms with Crippen molar-refractivity contribution in [2.24, 2.45) is 0 Å². The summed E-state index contributed by atoms with van der Waals surface area (Å²) in [6.45, 7) is 2.92. The molecule has 3 aromatic rings. The van der Waals surface area contributed by atoms with Crippen molar-refractivity contribution in [2.45, 2.75) is 18.3 Å². The number of fused-ring (bicyclic) bond motifs is 2. The van der Waals surface area contributed by atoms with Crippen molar-refractivity contribution in [3.8, 4) is 11.5 Å². The Morgan fingerprint density at radius 3 is 2.50 bits per heavy atom. The first kappa shape index (κ1) is 22.3. The average Bonchev–Trinajstić information content (AvgIpc) is 3.41. The van der Waals surface area contributed by atoms with Crippen LogP contribution in [0.5, 0.6) is 11.5 Å². The van der Waals surface area contributed by atoms with Gasteiger partial charge < -0.3 is 19.3 Å². The van der Waals surface area contributed by atoms with Crippen LogP contribution in [0.25, 0.3) is 0 Å². The quantitative estimate of drug-likeness (QED) is 0.541. The van der Waals surface area contributed by atoms with Crippen LogP contribution < -0.4 is 14.4 Å². The number of hydrogen-bond donors (Lipinski definition) is 0. The fraction of sp³-hybridized carbons (Fsp3) is 0.259. The summed E-state index contributed by atoms with van der Waals surface area (Å²) in [5, 5.41) is 0. The zero-order valence-electron chi connectivity index (χ0n) is 19.4. The SMILES string of the molecule is COc1ccc(C(=O)N2CCSC23C(=O)N(Cc2cccc(OC)c2)c2ccc(C)cc23)cc1. The molecule has 34 heavy (non-hydrogen) atoms. The molecule has 1 fully saturated rings. The summed E-state index contributed by atoms with van der Waals surface area (Å²) in [6, 6.07) is 20.8. The molecule has 0 bridgehead atoms. The zero-order chi connectivity index (χ0) is 23.9. The van der Waals surface area contributed by atoms with Crippen molar-refractivity contribution in [1.29, 1.82) is 0 Å². The van der Waals surface area contributed by atoms with Gasteiger partial charge in [-0.05, 0) is 55.0 Å². The van der Waals surface area contributed by atoms with Crippen LogP contribution in [-0.2, 0) is 16.2 Å². The molecule has 0 saturated carbocycles. The second-order valence-electron chi connectivity index (χ2n) is 8.44. The van der Waals surface area contributed by atoms with E-state index in [4.69, 9.17) is 9.47 Å². The van der Waals surface area contributed by atoms with Crippen LogP contribution in [-0.4, -0.2) is 43.2 Å². The minimum Gasteiger partial charge on any atom is -0.497 e. The second kappa shape index (κ2) is 8.72. The summed E-state index contributed by atoms with van der Waals surface area (Å²) in [5.41, 5.74) is 4.28. The molecule has 0 aromatic heterocycles. The monoisotopic (exact) mass is 474 g/mol. The molecule has 2 amide bonds. The van der Waals surface area contributed by atoms with Gasteiger partial charge >= 0.3 is 0 Å². The Kier molecular flexibility index (Phi) is 5.73. The number of hydrogen-bond acceptors (Lipinski definition) is 5. The number of ether oxygens (including phenoxy) is 2. The number of aryl methyl sites for hydroxylation is 1. The van der Waals surface area contributed by atoms with E-state index in [-0.39, 0.29) is 11.8 Å². The molecular weight excluding hydrogens is 448 g/mol. The Bertz CT molecular complexity index is 1260. The highest BCUT2D eigenvalue weighted by molar-refractivity contribution is 8.01. The molecular formula is C27H26N2O4S. The maximum absolute atomic E-state index is 14.2. The van der Waals surface area contributed by atoms with Crippen molar-refractivity contribution >= 4 is 29.3 Å². The molecule has 0 N–H and O–H groups in total. The van der Waals surface area contributed by atoms with E-state index in [1.54, 1.807) is 48.3 Å². The number of carbonyl (C=O) groups excluding carboxylic acids is 2. The number of nitrogens with zero attached hydrogens (tertiary/aromatic N) is 2. The Hall–Kier alpha value is -3.45. The van der Waals surface area contributed by atoms with E-state index in [1.807, 2.05) is 49.4 Å². The Morgan fingerprint density at radius 2 is 1.76 bits per heavy atom. The molecule has 6 nitrogen and oxygen atoms in total. The van der Waals surface area contributed by atoms with E-state index in [2.05, 4.69) is 0 Å². The number of amides is 2. The number of carbonyl (C=O) groups is 2. The molecule has 3 aromatic carbocycles. The van der Waals surface area contributed by atoms with Crippen molar-refractivity contribution < 1.29 is 19.1 Å². The minimum atomic E-state index is -1.07. The first-order chi connectivity index (χ1) is 16.5. The molecule has 1 unspecified atom stereocenters. The van der Waals surface area contributed by atoms with Gasteiger partial charge in [-0.1, -0.05) is 29.8 Å². The van der Waals surface area contributed by atoms with Gasteiger partial charge in [-0.15, -0.1) is 11.8 Å². The highest BCUT2D eigenvalue weighted by Gasteiger charge is 2.59. The van der Waals surface area contributed by atoms with E-state index in [0.29, 0.717) is 30.2 Å². The lowest BCUT2D eigenvalue weighted by molar-refractivity contribution is -0.123. The first-order valence-electron chi connectivity index (χ1n) is 11.1. The van der Waals surface area contributed by atoms with Gasteiger partial charge in [-0.3, -0.25) is 9.59 Å². The molecule has 2 aliphatic rings. The lowest BCUT2D eigenvalue weighted by Gasteiger charge is -2.33. The van der Waals surface area contributed by atoms with Crippen LogP contribution in [0.3, 0.4) is 0 Å². The molecule has 1 atom stereocenters. The summed E-state index contributed by atoms with van der Waals surface area (Å²) in [5.74, 6) is 1.88. The van der Waals surface area contributed by atoms with E-state index in [0.717, 1.165) is 28.1 Å². The van der Waals surface area contributed by atoms with E-state index in [9.17, 15) is 9.59 Å². The van der Waals surface area contributed by atoms with Gasteiger partial charge in [-0.25, -0.2) is 0 Å². The number of methoxy groups -OCH3 is 2. The number of anilines is 1. The predicted octanol–water partition coefficient (Wildman–Crippen LogP) is 4.60. The smallest absolute Gasteiger partial charge is 0.268 e. The summed E-state index contributed by atoms with van der Waals surface area (Å²) < 4.78 is 10.6. The van der Waals surface area contributed by atoms with Crippen LogP contribution in [0.2, 0.25) is 0 Å². The van der Waals surface area contributed by atoms with Crippen molar-refractivity contribution in [3.05, 3.63) is 89.0 Å². The minimum absolute atomic E-state index is 0.0831. The van der Waals surface area contributed by atoms with E-state index in [1.165, 1.54) is 11.8 Å². The third kappa shape index (κ3) is 3.51. The molecule has 2 heterocycles. The zero-order valence-corrected chi connectivity index (χ0v) is 20.2. The van der Waals surface area contributed by atoms with Gasteiger partial charge in [0.05, 0.1) is 26.5 Å². The van der Waals surface area contributed by atoms with Gasteiger partial charge in [-0.2, -0.15) is 0 Å². The van der Waals surface area contributed by atoms with Crippen molar-refractivity contribution in [2.75, 3.05) is 31.4 Å². The van der Waals surface area contributed by atoms with Gasteiger partial charge in [0.1, 0.15) is 11.5 Å². The molecule has 5 rings (SSSR count). The summed E-state index contributed by atoms with van der Waals surface area (Å²) in [7, 11) is 3.22.